The third-order valence-electron chi connectivity index (χ3n) is 4.63. The van der Waals surface area contributed by atoms with Gasteiger partial charge >= 0.3 is 0 Å². The minimum Gasteiger partial charge on any atom is -0.495 e. The number of carbonyl (C=O) groups is 1. The molecule has 31 heavy (non-hydrogen) atoms. The molecule has 0 radical (unpaired) electrons. The van der Waals surface area contributed by atoms with Gasteiger partial charge < -0.3 is 15.4 Å². The number of carbonyl (C=O) groups excluding carboxylic acids is 1. The average Bonchev–Trinajstić information content (AvgIpc) is 3.27. The molecule has 8 nitrogen and oxygen atoms in total. The Labute approximate surface area is 185 Å². The van der Waals surface area contributed by atoms with E-state index in [-0.39, 0.29) is 17.2 Å². The molecule has 164 valence electrons. The number of aromatic nitrogens is 1. The second-order valence-corrected chi connectivity index (χ2v) is 9.35. The zero-order valence-corrected chi connectivity index (χ0v) is 19.1. The predicted octanol–water partition coefficient (Wildman–Crippen LogP) is 3.34. The molecule has 0 unspecified atom stereocenters. The molecule has 0 aliphatic carbocycles. The van der Waals surface area contributed by atoms with Crippen molar-refractivity contribution in [2.45, 2.75) is 17.7 Å². The molecule has 0 atom stereocenters. The maximum Gasteiger partial charge on any atom is 0.240 e. The van der Waals surface area contributed by atoms with Gasteiger partial charge in [0.05, 0.1) is 23.4 Å². The van der Waals surface area contributed by atoms with E-state index in [1.165, 1.54) is 30.5 Å². The van der Waals surface area contributed by atoms with Crippen LogP contribution in [0.15, 0.2) is 52.7 Å². The number of hydrogen-bond acceptors (Lipinski definition) is 7. The van der Waals surface area contributed by atoms with Crippen LogP contribution in [0.2, 0.25) is 0 Å². The Morgan fingerprint density at radius 3 is 2.48 bits per heavy atom. The highest BCUT2D eigenvalue weighted by atomic mass is 32.2. The van der Waals surface area contributed by atoms with Gasteiger partial charge in [0, 0.05) is 24.4 Å². The number of aryl methyl sites for hydroxylation is 1. The monoisotopic (exact) mass is 460 g/mol. The zero-order chi connectivity index (χ0) is 22.4. The highest BCUT2D eigenvalue weighted by Crippen LogP contribution is 2.32. The summed E-state index contributed by atoms with van der Waals surface area (Å²) in [6.07, 6.45) is 0.720. The predicted molar refractivity (Wildman–Crippen MR) is 123 cm³/mol. The average molecular weight is 461 g/mol. The fraction of sp³-hybridized carbons (Fsp3) is 0.238. The van der Waals surface area contributed by atoms with Crippen molar-refractivity contribution in [2.75, 3.05) is 31.8 Å². The van der Waals surface area contributed by atoms with Gasteiger partial charge in [0.15, 0.2) is 5.13 Å². The molecular weight excluding hydrogens is 436 g/mol. The van der Waals surface area contributed by atoms with Crippen LogP contribution in [0.3, 0.4) is 0 Å². The van der Waals surface area contributed by atoms with Crippen LogP contribution in [0.25, 0.3) is 11.3 Å². The van der Waals surface area contributed by atoms with E-state index in [2.05, 4.69) is 20.3 Å². The number of hydrogen-bond donors (Lipinski definition) is 3. The molecule has 1 heterocycles. The Kier molecular flexibility index (Phi) is 7.26. The van der Waals surface area contributed by atoms with Crippen LogP contribution in [0.5, 0.6) is 5.75 Å². The van der Waals surface area contributed by atoms with E-state index in [1.54, 1.807) is 25.3 Å². The molecule has 0 bridgehead atoms. The summed E-state index contributed by atoms with van der Waals surface area (Å²) >= 11 is 1.50. The maximum absolute atomic E-state index is 12.5. The summed E-state index contributed by atoms with van der Waals surface area (Å²) in [5.41, 5.74) is 3.12. The van der Waals surface area contributed by atoms with Gasteiger partial charge in [0.2, 0.25) is 15.9 Å². The number of rotatable bonds is 9. The van der Waals surface area contributed by atoms with Crippen molar-refractivity contribution >= 4 is 38.1 Å². The normalized spacial score (nSPS) is 11.2. The van der Waals surface area contributed by atoms with Gasteiger partial charge in [-0.3, -0.25) is 4.79 Å². The first-order valence-electron chi connectivity index (χ1n) is 9.50. The van der Waals surface area contributed by atoms with Crippen molar-refractivity contribution in [1.29, 1.82) is 0 Å². The molecule has 0 fully saturated rings. The fourth-order valence-electron chi connectivity index (χ4n) is 2.91. The third-order valence-corrected chi connectivity index (χ3v) is 6.92. The van der Waals surface area contributed by atoms with E-state index in [1.807, 2.05) is 24.6 Å². The Bertz CT molecular complexity index is 1160. The Morgan fingerprint density at radius 1 is 1.13 bits per heavy atom. The smallest absolute Gasteiger partial charge is 0.240 e. The van der Waals surface area contributed by atoms with Crippen LogP contribution in [0.1, 0.15) is 12.0 Å². The highest BCUT2D eigenvalue weighted by molar-refractivity contribution is 7.89. The SMILES string of the molecule is CNc1nc(-c2ccc(OC)c(NC(=O)CCc3ccc(S(=O)(=O)NC)cc3)c2)cs1. The van der Waals surface area contributed by atoms with Crippen molar-refractivity contribution < 1.29 is 17.9 Å². The number of nitrogens with one attached hydrogen (secondary N) is 3. The third kappa shape index (κ3) is 5.60. The summed E-state index contributed by atoms with van der Waals surface area (Å²) in [6.45, 7) is 0. The van der Waals surface area contributed by atoms with E-state index < -0.39 is 10.0 Å². The van der Waals surface area contributed by atoms with Crippen molar-refractivity contribution in [1.82, 2.24) is 9.71 Å². The number of amides is 1. The van der Waals surface area contributed by atoms with Crippen LogP contribution in [0.4, 0.5) is 10.8 Å². The molecule has 3 aromatic rings. The topological polar surface area (TPSA) is 109 Å². The lowest BCUT2D eigenvalue weighted by atomic mass is 10.1. The fourth-order valence-corrected chi connectivity index (χ4v) is 4.32. The van der Waals surface area contributed by atoms with Gasteiger partial charge in [-0.25, -0.2) is 18.1 Å². The molecule has 0 aliphatic heterocycles. The zero-order valence-electron chi connectivity index (χ0n) is 17.4. The van der Waals surface area contributed by atoms with Crippen LogP contribution < -0.4 is 20.1 Å². The first-order chi connectivity index (χ1) is 14.9. The highest BCUT2D eigenvalue weighted by Gasteiger charge is 2.13. The maximum atomic E-state index is 12.5. The second kappa shape index (κ2) is 9.90. The summed E-state index contributed by atoms with van der Waals surface area (Å²) in [7, 11) is 1.26. The van der Waals surface area contributed by atoms with Crippen LogP contribution >= 0.6 is 11.3 Å². The standard InChI is InChI=1S/C21H24N4O4S2/c1-22-21-25-18(13-30-21)15-7-10-19(29-3)17(12-15)24-20(26)11-6-14-4-8-16(9-5-14)31(27,28)23-2/h4-5,7-10,12-13,23H,6,11H2,1-3H3,(H,22,25)(H,24,26). The molecule has 1 aromatic heterocycles. The Balaban J connectivity index is 1.67. The largest absolute Gasteiger partial charge is 0.495 e. The lowest BCUT2D eigenvalue weighted by Crippen LogP contribution is -2.18. The lowest BCUT2D eigenvalue weighted by Gasteiger charge is -2.12. The number of sulfonamides is 1. The minimum absolute atomic E-state index is 0.170. The molecule has 10 heteroatoms. The number of benzene rings is 2. The summed E-state index contributed by atoms with van der Waals surface area (Å²) in [4.78, 5) is 17.2. The Hall–Kier alpha value is -2.95. The van der Waals surface area contributed by atoms with Crippen LogP contribution in [0, 0.1) is 0 Å². The van der Waals surface area contributed by atoms with Crippen LogP contribution in [-0.4, -0.2) is 40.5 Å². The lowest BCUT2D eigenvalue weighted by molar-refractivity contribution is -0.116. The van der Waals surface area contributed by atoms with Gasteiger partial charge in [-0.2, -0.15) is 0 Å². The molecule has 0 saturated carbocycles. The van der Waals surface area contributed by atoms with Crippen molar-refractivity contribution in [3.05, 3.63) is 53.4 Å². The Morgan fingerprint density at radius 2 is 1.87 bits per heavy atom. The number of thiazole rings is 1. The van der Waals surface area contributed by atoms with Gasteiger partial charge in [0.25, 0.3) is 0 Å². The number of ether oxygens (including phenoxy) is 1. The first kappa shape index (κ1) is 22.7. The molecule has 2 aromatic carbocycles. The number of methoxy groups -OCH3 is 1. The van der Waals surface area contributed by atoms with E-state index >= 15 is 0 Å². The minimum atomic E-state index is -3.47. The molecule has 3 N–H and O–H groups in total. The van der Waals surface area contributed by atoms with Crippen molar-refractivity contribution in [3.8, 4) is 17.0 Å². The van der Waals surface area contributed by atoms with E-state index in [0.29, 0.717) is 17.9 Å². The first-order valence-corrected chi connectivity index (χ1v) is 11.9. The quantitative estimate of drug-likeness (QED) is 0.452. The van der Waals surface area contributed by atoms with Crippen LogP contribution in [-0.2, 0) is 21.2 Å². The second-order valence-electron chi connectivity index (χ2n) is 6.60. The summed E-state index contributed by atoms with van der Waals surface area (Å²) < 4.78 is 31.2. The number of anilines is 2. The van der Waals surface area contributed by atoms with Crippen molar-refractivity contribution in [2.24, 2.45) is 0 Å². The molecule has 0 saturated heterocycles. The molecule has 0 spiro atoms. The summed E-state index contributed by atoms with van der Waals surface area (Å²) in [6, 6.07) is 12.0. The van der Waals surface area contributed by atoms with Crippen molar-refractivity contribution in [3.63, 3.8) is 0 Å². The van der Waals surface area contributed by atoms with Gasteiger partial charge in [-0.05, 0) is 49.4 Å². The summed E-state index contributed by atoms with van der Waals surface area (Å²) in [5, 5.41) is 8.66. The molecular formula is C21H24N4O4S2. The van der Waals surface area contributed by atoms with E-state index in [9.17, 15) is 13.2 Å². The molecule has 3 rings (SSSR count). The van der Waals surface area contributed by atoms with Gasteiger partial charge in [-0.1, -0.05) is 12.1 Å². The molecule has 0 aliphatic rings. The van der Waals surface area contributed by atoms with Gasteiger partial charge in [0.1, 0.15) is 5.75 Å². The summed E-state index contributed by atoms with van der Waals surface area (Å²) in [5.74, 6) is 0.388. The van der Waals surface area contributed by atoms with E-state index in [4.69, 9.17) is 4.74 Å². The van der Waals surface area contributed by atoms with Gasteiger partial charge in [-0.15, -0.1) is 11.3 Å². The number of nitrogens with zero attached hydrogens (tertiary/aromatic N) is 1. The van der Waals surface area contributed by atoms with E-state index in [0.717, 1.165) is 22.0 Å². The molecule has 1 amide bonds.